The lowest BCUT2D eigenvalue weighted by Gasteiger charge is -2.10. The van der Waals surface area contributed by atoms with Gasteiger partial charge in [-0.15, -0.1) is 11.3 Å². The van der Waals surface area contributed by atoms with Crippen LogP contribution in [0.1, 0.15) is 33.5 Å². The van der Waals surface area contributed by atoms with Crippen LogP contribution in [0, 0.1) is 0 Å². The van der Waals surface area contributed by atoms with Gasteiger partial charge in [0.2, 0.25) is 0 Å². The van der Waals surface area contributed by atoms with E-state index in [-0.39, 0.29) is 5.91 Å². The minimum absolute atomic E-state index is 0.0708. The van der Waals surface area contributed by atoms with Gasteiger partial charge in [0, 0.05) is 17.5 Å². The average molecular weight is 238 g/mol. The van der Waals surface area contributed by atoms with Gasteiger partial charge >= 0.3 is 0 Å². The summed E-state index contributed by atoms with van der Waals surface area (Å²) < 4.78 is 0. The molecule has 2 rings (SSSR count). The van der Waals surface area contributed by atoms with E-state index in [1.165, 1.54) is 16.9 Å². The Bertz CT molecular complexity index is 365. The molecule has 1 aliphatic carbocycles. The third kappa shape index (κ3) is 2.44. The van der Waals surface area contributed by atoms with E-state index in [1.54, 1.807) is 11.3 Å². The van der Waals surface area contributed by atoms with E-state index in [2.05, 4.69) is 23.6 Å². The number of aryl methyl sites for hydroxylation is 2. The van der Waals surface area contributed by atoms with Gasteiger partial charge in [0.1, 0.15) is 0 Å². The molecule has 4 heteroatoms. The molecule has 1 aliphatic rings. The number of fused-ring (bicyclic) bond motifs is 1. The predicted molar refractivity (Wildman–Crippen MR) is 67.2 cm³/mol. The summed E-state index contributed by atoms with van der Waals surface area (Å²) in [6.45, 7) is 2.73. The van der Waals surface area contributed by atoms with E-state index in [0.717, 1.165) is 17.7 Å². The molecule has 0 aliphatic heterocycles. The van der Waals surface area contributed by atoms with E-state index in [0.29, 0.717) is 12.6 Å². The van der Waals surface area contributed by atoms with E-state index in [1.807, 2.05) is 7.05 Å². The van der Waals surface area contributed by atoms with Crippen molar-refractivity contribution in [1.82, 2.24) is 10.6 Å². The van der Waals surface area contributed by atoms with Crippen LogP contribution in [0.15, 0.2) is 6.07 Å². The molecule has 0 saturated heterocycles. The highest BCUT2D eigenvalue weighted by molar-refractivity contribution is 7.14. The number of carbonyl (C=O) groups is 1. The van der Waals surface area contributed by atoms with Gasteiger partial charge in [-0.05, 0) is 44.9 Å². The molecule has 1 unspecified atom stereocenters. The summed E-state index contributed by atoms with van der Waals surface area (Å²) in [5.74, 6) is 0.0708. The fourth-order valence-electron chi connectivity index (χ4n) is 1.88. The Labute approximate surface area is 100 Å². The zero-order valence-electron chi connectivity index (χ0n) is 9.80. The van der Waals surface area contributed by atoms with Crippen molar-refractivity contribution in [1.29, 1.82) is 0 Å². The van der Waals surface area contributed by atoms with Crippen LogP contribution in [0.3, 0.4) is 0 Å². The van der Waals surface area contributed by atoms with E-state index < -0.39 is 0 Å². The molecule has 0 aromatic carbocycles. The first-order chi connectivity index (χ1) is 7.70. The average Bonchev–Trinajstić information content (AvgIpc) is 2.85. The number of rotatable bonds is 4. The van der Waals surface area contributed by atoms with Crippen molar-refractivity contribution in [2.24, 2.45) is 0 Å². The summed E-state index contributed by atoms with van der Waals surface area (Å²) in [5.41, 5.74) is 1.39. The highest BCUT2D eigenvalue weighted by Crippen LogP contribution is 2.30. The van der Waals surface area contributed by atoms with Gasteiger partial charge in [0.15, 0.2) is 0 Å². The summed E-state index contributed by atoms with van der Waals surface area (Å²) in [6, 6.07) is 2.38. The summed E-state index contributed by atoms with van der Waals surface area (Å²) >= 11 is 1.66. The number of nitrogens with one attached hydrogen (secondary N) is 2. The van der Waals surface area contributed by atoms with Crippen molar-refractivity contribution in [2.45, 2.75) is 32.2 Å². The van der Waals surface area contributed by atoms with Crippen LogP contribution in [0.25, 0.3) is 0 Å². The molecule has 0 bridgehead atoms. The third-order valence-electron chi connectivity index (χ3n) is 3.03. The molecule has 1 heterocycles. The SMILES string of the molecule is CNC(C)CNC(=O)c1cc2c(s1)CCC2. The normalized spacial score (nSPS) is 15.9. The molecule has 0 saturated carbocycles. The van der Waals surface area contributed by atoms with Crippen LogP contribution >= 0.6 is 11.3 Å². The number of carbonyl (C=O) groups excluding carboxylic acids is 1. The minimum Gasteiger partial charge on any atom is -0.350 e. The summed E-state index contributed by atoms with van der Waals surface area (Å²) in [7, 11) is 1.90. The second kappa shape index (κ2) is 4.97. The monoisotopic (exact) mass is 238 g/mol. The highest BCUT2D eigenvalue weighted by atomic mass is 32.1. The fraction of sp³-hybridized carbons (Fsp3) is 0.583. The van der Waals surface area contributed by atoms with Crippen LogP contribution in [0.2, 0.25) is 0 Å². The molecular formula is C12H18N2OS. The van der Waals surface area contributed by atoms with Crippen molar-refractivity contribution < 1.29 is 4.79 Å². The third-order valence-corrected chi connectivity index (χ3v) is 4.27. The minimum atomic E-state index is 0.0708. The number of hydrogen-bond donors (Lipinski definition) is 2. The molecule has 88 valence electrons. The Kier molecular flexibility index (Phi) is 3.61. The van der Waals surface area contributed by atoms with Crippen LogP contribution in [-0.4, -0.2) is 25.5 Å². The zero-order valence-corrected chi connectivity index (χ0v) is 10.6. The van der Waals surface area contributed by atoms with Crippen LogP contribution in [-0.2, 0) is 12.8 Å². The second-order valence-electron chi connectivity index (χ2n) is 4.31. The molecule has 0 radical (unpaired) electrons. The molecule has 1 aromatic rings. The number of likely N-dealkylation sites (N-methyl/N-ethyl adjacent to an activating group) is 1. The lowest BCUT2D eigenvalue weighted by molar-refractivity contribution is 0.0954. The van der Waals surface area contributed by atoms with E-state index in [9.17, 15) is 4.79 Å². The second-order valence-corrected chi connectivity index (χ2v) is 5.45. The van der Waals surface area contributed by atoms with Crippen molar-refractivity contribution >= 4 is 17.2 Å². The summed E-state index contributed by atoms with van der Waals surface area (Å²) in [5, 5.41) is 6.05. The maximum Gasteiger partial charge on any atom is 0.261 e. The largest absolute Gasteiger partial charge is 0.350 e. The quantitative estimate of drug-likeness (QED) is 0.836. The van der Waals surface area contributed by atoms with Crippen molar-refractivity contribution in [3.63, 3.8) is 0 Å². The van der Waals surface area contributed by atoms with Crippen molar-refractivity contribution in [3.05, 3.63) is 21.4 Å². The molecule has 1 aromatic heterocycles. The first kappa shape index (κ1) is 11.6. The number of amides is 1. The molecule has 3 nitrogen and oxygen atoms in total. The molecule has 1 amide bonds. The lowest BCUT2D eigenvalue weighted by Crippen LogP contribution is -2.36. The van der Waals surface area contributed by atoms with Crippen LogP contribution < -0.4 is 10.6 Å². The van der Waals surface area contributed by atoms with E-state index >= 15 is 0 Å². The Morgan fingerprint density at radius 3 is 3.06 bits per heavy atom. The number of thiophene rings is 1. The lowest BCUT2D eigenvalue weighted by atomic mass is 10.2. The first-order valence-corrected chi connectivity index (χ1v) is 6.59. The maximum absolute atomic E-state index is 11.8. The Hall–Kier alpha value is -0.870. The van der Waals surface area contributed by atoms with Gasteiger partial charge in [0.05, 0.1) is 4.88 Å². The van der Waals surface area contributed by atoms with Crippen LogP contribution in [0.4, 0.5) is 0 Å². The Morgan fingerprint density at radius 2 is 2.38 bits per heavy atom. The molecule has 0 spiro atoms. The highest BCUT2D eigenvalue weighted by Gasteiger charge is 2.18. The molecule has 1 atom stereocenters. The van der Waals surface area contributed by atoms with E-state index in [4.69, 9.17) is 0 Å². The molecular weight excluding hydrogens is 220 g/mol. The van der Waals surface area contributed by atoms with Gasteiger partial charge in [0.25, 0.3) is 5.91 Å². The first-order valence-electron chi connectivity index (χ1n) is 5.77. The van der Waals surface area contributed by atoms with Crippen molar-refractivity contribution in [3.8, 4) is 0 Å². The maximum atomic E-state index is 11.8. The Morgan fingerprint density at radius 1 is 1.56 bits per heavy atom. The van der Waals surface area contributed by atoms with Gasteiger partial charge in [-0.1, -0.05) is 0 Å². The standard InChI is InChI=1S/C12H18N2OS/c1-8(13-2)7-14-12(15)11-6-9-4-3-5-10(9)16-11/h6,8,13H,3-5,7H2,1-2H3,(H,14,15). The smallest absolute Gasteiger partial charge is 0.261 e. The summed E-state index contributed by atoms with van der Waals surface area (Å²) in [6.07, 6.45) is 3.55. The molecule has 2 N–H and O–H groups in total. The number of hydrogen-bond acceptors (Lipinski definition) is 3. The fourth-order valence-corrected chi connectivity index (χ4v) is 3.05. The van der Waals surface area contributed by atoms with Crippen molar-refractivity contribution in [2.75, 3.05) is 13.6 Å². The van der Waals surface area contributed by atoms with Crippen LogP contribution in [0.5, 0.6) is 0 Å². The molecule has 16 heavy (non-hydrogen) atoms. The zero-order chi connectivity index (χ0) is 11.5. The van der Waals surface area contributed by atoms with Gasteiger partial charge < -0.3 is 10.6 Å². The summed E-state index contributed by atoms with van der Waals surface area (Å²) in [4.78, 5) is 14.1. The van der Waals surface area contributed by atoms with Gasteiger partial charge in [-0.2, -0.15) is 0 Å². The predicted octanol–water partition coefficient (Wildman–Crippen LogP) is 1.57. The molecule has 0 fully saturated rings. The Balaban J connectivity index is 1.93. The van der Waals surface area contributed by atoms with Gasteiger partial charge in [-0.25, -0.2) is 0 Å². The van der Waals surface area contributed by atoms with Gasteiger partial charge in [-0.3, -0.25) is 4.79 Å². The topological polar surface area (TPSA) is 41.1 Å².